The van der Waals surface area contributed by atoms with E-state index in [9.17, 15) is 9.59 Å². The van der Waals surface area contributed by atoms with Crippen molar-refractivity contribution in [2.75, 3.05) is 5.32 Å². The van der Waals surface area contributed by atoms with Gasteiger partial charge in [0, 0.05) is 12.2 Å². The third-order valence-corrected chi connectivity index (χ3v) is 5.53. The molecule has 4 rings (SSSR count). The average Bonchev–Trinajstić information content (AvgIpc) is 3.15. The fourth-order valence-corrected chi connectivity index (χ4v) is 3.94. The van der Waals surface area contributed by atoms with Crippen molar-refractivity contribution < 1.29 is 4.79 Å². The lowest BCUT2D eigenvalue weighted by atomic mass is 10.2. The number of fused-ring (bicyclic) bond motifs is 3. The molecule has 1 atom stereocenters. The number of thioether (sulfide) groups is 1. The molecule has 7 nitrogen and oxygen atoms in total. The van der Waals surface area contributed by atoms with Crippen LogP contribution in [0.3, 0.4) is 0 Å². The van der Waals surface area contributed by atoms with E-state index in [4.69, 9.17) is 0 Å². The summed E-state index contributed by atoms with van der Waals surface area (Å²) in [4.78, 5) is 25.4. The van der Waals surface area contributed by atoms with Gasteiger partial charge in [-0.05, 0) is 31.2 Å². The molecule has 0 spiro atoms. The van der Waals surface area contributed by atoms with Gasteiger partial charge in [0.25, 0.3) is 5.56 Å². The van der Waals surface area contributed by atoms with Crippen LogP contribution in [0.25, 0.3) is 16.7 Å². The molecule has 0 saturated carbocycles. The number of nitrogens with zero attached hydrogens (tertiary/aromatic N) is 4. The van der Waals surface area contributed by atoms with Gasteiger partial charge in [0.2, 0.25) is 11.7 Å². The quantitative estimate of drug-likeness (QED) is 0.393. The number of anilines is 1. The van der Waals surface area contributed by atoms with Crippen molar-refractivity contribution in [2.24, 2.45) is 0 Å². The number of amides is 1. The Hall–Kier alpha value is -3.39. The predicted octanol–water partition coefficient (Wildman–Crippen LogP) is 3.35. The minimum atomic E-state index is -0.416. The van der Waals surface area contributed by atoms with Crippen molar-refractivity contribution in [2.45, 2.75) is 23.9 Å². The molecule has 1 unspecified atom stereocenters. The van der Waals surface area contributed by atoms with Crippen LogP contribution < -0.4 is 10.9 Å². The maximum atomic E-state index is 12.8. The molecule has 0 aliphatic rings. The molecule has 2 aromatic carbocycles. The van der Waals surface area contributed by atoms with E-state index in [1.165, 1.54) is 16.3 Å². The zero-order valence-electron chi connectivity index (χ0n) is 15.8. The zero-order valence-corrected chi connectivity index (χ0v) is 16.6. The fourth-order valence-electron chi connectivity index (χ4n) is 3.08. The maximum absolute atomic E-state index is 12.8. The van der Waals surface area contributed by atoms with Crippen molar-refractivity contribution in [3.63, 3.8) is 0 Å². The third kappa shape index (κ3) is 3.54. The van der Waals surface area contributed by atoms with Crippen LogP contribution in [0.15, 0.2) is 77.2 Å². The average molecular weight is 405 g/mol. The highest BCUT2D eigenvalue weighted by atomic mass is 32.2. The van der Waals surface area contributed by atoms with Gasteiger partial charge in [0.1, 0.15) is 0 Å². The van der Waals surface area contributed by atoms with Crippen molar-refractivity contribution in [1.82, 2.24) is 19.2 Å². The van der Waals surface area contributed by atoms with Crippen LogP contribution in [0.1, 0.15) is 6.92 Å². The van der Waals surface area contributed by atoms with E-state index in [2.05, 4.69) is 22.1 Å². The van der Waals surface area contributed by atoms with Crippen molar-refractivity contribution in [3.8, 4) is 0 Å². The first-order valence-corrected chi connectivity index (χ1v) is 9.98. The Labute approximate surface area is 171 Å². The summed E-state index contributed by atoms with van der Waals surface area (Å²) in [5.41, 5.74) is 1.30. The molecular formula is C21H19N5O2S. The summed E-state index contributed by atoms with van der Waals surface area (Å²) in [6.07, 6.45) is 1.65. The summed E-state index contributed by atoms with van der Waals surface area (Å²) in [6.45, 7) is 5.86. The fraction of sp³-hybridized carbons (Fsp3) is 0.143. The van der Waals surface area contributed by atoms with Crippen LogP contribution in [0.4, 0.5) is 5.69 Å². The number of rotatable bonds is 6. The minimum Gasteiger partial charge on any atom is -0.325 e. The lowest BCUT2D eigenvalue weighted by Crippen LogP contribution is -2.24. The highest BCUT2D eigenvalue weighted by molar-refractivity contribution is 8.00. The molecule has 8 heteroatoms. The van der Waals surface area contributed by atoms with Crippen molar-refractivity contribution in [1.29, 1.82) is 0 Å². The number of allylic oxidation sites excluding steroid dienone is 1. The van der Waals surface area contributed by atoms with E-state index in [1.807, 2.05) is 59.9 Å². The van der Waals surface area contributed by atoms with Crippen LogP contribution in [0, 0.1) is 0 Å². The number of nitrogens with one attached hydrogen (secondary N) is 1. The van der Waals surface area contributed by atoms with E-state index in [1.54, 1.807) is 12.1 Å². The smallest absolute Gasteiger partial charge is 0.263 e. The Kier molecular flexibility index (Phi) is 5.18. The highest BCUT2D eigenvalue weighted by Gasteiger charge is 2.21. The number of benzene rings is 2. The number of carbonyl (C=O) groups is 1. The van der Waals surface area contributed by atoms with Gasteiger partial charge in [-0.3, -0.25) is 18.6 Å². The van der Waals surface area contributed by atoms with E-state index in [0.29, 0.717) is 28.4 Å². The molecule has 2 heterocycles. The summed E-state index contributed by atoms with van der Waals surface area (Å²) in [5.74, 6) is 0.286. The maximum Gasteiger partial charge on any atom is 0.263 e. The van der Waals surface area contributed by atoms with Crippen molar-refractivity contribution in [3.05, 3.63) is 77.6 Å². The second-order valence-electron chi connectivity index (χ2n) is 6.45. The first-order chi connectivity index (χ1) is 14.1. The largest absolute Gasteiger partial charge is 0.325 e. The van der Waals surface area contributed by atoms with Crippen LogP contribution in [0.5, 0.6) is 0 Å². The van der Waals surface area contributed by atoms with Crippen LogP contribution >= 0.6 is 11.8 Å². The monoisotopic (exact) mass is 405 g/mol. The van der Waals surface area contributed by atoms with Gasteiger partial charge >= 0.3 is 0 Å². The topological polar surface area (TPSA) is 81.3 Å². The number of aromatic nitrogens is 4. The molecule has 4 aromatic rings. The van der Waals surface area contributed by atoms with Crippen LogP contribution in [-0.2, 0) is 11.3 Å². The Morgan fingerprint density at radius 3 is 2.66 bits per heavy atom. The van der Waals surface area contributed by atoms with Gasteiger partial charge < -0.3 is 5.32 Å². The first-order valence-electron chi connectivity index (χ1n) is 9.10. The molecule has 0 saturated heterocycles. The lowest BCUT2D eigenvalue weighted by Gasteiger charge is -2.12. The standard InChI is InChI=1S/C21H19N5O2S/c1-3-13-25-19(28)16-11-7-8-12-17(16)26-20(25)23-24-21(26)29-14(2)18(27)22-15-9-5-4-6-10-15/h3-12,14H,1,13H2,2H3,(H,22,27). The third-order valence-electron chi connectivity index (χ3n) is 4.48. The molecule has 1 N–H and O–H groups in total. The summed E-state index contributed by atoms with van der Waals surface area (Å²) >= 11 is 1.29. The zero-order chi connectivity index (χ0) is 20.4. The second kappa shape index (κ2) is 7.92. The van der Waals surface area contributed by atoms with Crippen LogP contribution in [0.2, 0.25) is 0 Å². The molecule has 2 aromatic heterocycles. The molecule has 0 fully saturated rings. The number of hydrogen-bond donors (Lipinski definition) is 1. The molecule has 0 aliphatic heterocycles. The SMILES string of the molecule is C=CCn1c(=O)c2ccccc2n2c(SC(C)C(=O)Nc3ccccc3)nnc12. The Morgan fingerprint density at radius 1 is 1.17 bits per heavy atom. The molecule has 29 heavy (non-hydrogen) atoms. The molecular weight excluding hydrogens is 386 g/mol. The van der Waals surface area contributed by atoms with Crippen LogP contribution in [-0.4, -0.2) is 30.3 Å². The normalized spacial score (nSPS) is 12.2. The highest BCUT2D eigenvalue weighted by Crippen LogP contribution is 2.25. The Balaban J connectivity index is 1.74. The number of hydrogen-bond acceptors (Lipinski definition) is 5. The number of carbonyl (C=O) groups excluding carboxylic acids is 1. The van der Waals surface area contributed by atoms with E-state index in [0.717, 1.165) is 5.69 Å². The predicted molar refractivity (Wildman–Crippen MR) is 115 cm³/mol. The molecule has 1 amide bonds. The lowest BCUT2D eigenvalue weighted by molar-refractivity contribution is -0.115. The van der Waals surface area contributed by atoms with Gasteiger partial charge in [0.15, 0.2) is 5.16 Å². The molecule has 0 radical (unpaired) electrons. The van der Waals surface area contributed by atoms with Gasteiger partial charge in [-0.2, -0.15) is 0 Å². The summed E-state index contributed by atoms with van der Waals surface area (Å²) in [7, 11) is 0. The van der Waals surface area contributed by atoms with Gasteiger partial charge in [-0.15, -0.1) is 16.8 Å². The second-order valence-corrected chi connectivity index (χ2v) is 7.76. The van der Waals surface area contributed by atoms with Gasteiger partial charge in [-0.1, -0.05) is 48.2 Å². The van der Waals surface area contributed by atoms with Gasteiger partial charge in [0.05, 0.1) is 16.2 Å². The van der Waals surface area contributed by atoms with E-state index >= 15 is 0 Å². The summed E-state index contributed by atoms with van der Waals surface area (Å²) < 4.78 is 3.35. The minimum absolute atomic E-state index is 0.137. The van der Waals surface area contributed by atoms with Gasteiger partial charge in [-0.25, -0.2) is 0 Å². The van der Waals surface area contributed by atoms with E-state index < -0.39 is 5.25 Å². The van der Waals surface area contributed by atoms with Crippen molar-refractivity contribution >= 4 is 40.0 Å². The molecule has 0 aliphatic carbocycles. The Bertz CT molecular complexity index is 1260. The molecule has 0 bridgehead atoms. The Morgan fingerprint density at radius 2 is 1.90 bits per heavy atom. The number of para-hydroxylation sites is 2. The van der Waals surface area contributed by atoms with E-state index in [-0.39, 0.29) is 11.5 Å². The summed E-state index contributed by atoms with van der Waals surface area (Å²) in [5, 5.41) is 12.1. The summed E-state index contributed by atoms with van der Waals surface area (Å²) in [6, 6.07) is 16.6. The first kappa shape index (κ1) is 18.9. The molecule has 146 valence electrons.